The van der Waals surface area contributed by atoms with E-state index in [1.54, 1.807) is 23.7 Å². The molecule has 0 radical (unpaired) electrons. The predicted molar refractivity (Wildman–Crippen MR) is 103 cm³/mol. The van der Waals surface area contributed by atoms with Crippen LogP contribution in [-0.4, -0.2) is 20.3 Å². The summed E-state index contributed by atoms with van der Waals surface area (Å²) in [7, 11) is 0. The number of benzene rings is 1. The van der Waals surface area contributed by atoms with Crippen molar-refractivity contribution in [2.45, 2.75) is 19.9 Å². The molecule has 3 aromatic heterocycles. The van der Waals surface area contributed by atoms with Gasteiger partial charge in [-0.25, -0.2) is 4.98 Å². The molecule has 0 unspecified atom stereocenters. The number of rotatable bonds is 5. The lowest BCUT2D eigenvalue weighted by atomic mass is 10.1. The summed E-state index contributed by atoms with van der Waals surface area (Å²) in [6.07, 6.45) is 5.80. The molecule has 1 amide bonds. The first-order valence-electron chi connectivity index (χ1n) is 8.37. The Morgan fingerprint density at radius 2 is 2.08 bits per heavy atom. The smallest absolute Gasteiger partial charge is 0.226 e. The number of aryl methyl sites for hydroxylation is 1. The Labute approximate surface area is 155 Å². The monoisotopic (exact) mass is 362 g/mol. The van der Waals surface area contributed by atoms with Gasteiger partial charge in [0.15, 0.2) is 4.96 Å². The van der Waals surface area contributed by atoms with Gasteiger partial charge in [0.1, 0.15) is 0 Å². The molecule has 4 rings (SSSR count). The third kappa shape index (κ3) is 3.50. The van der Waals surface area contributed by atoms with Gasteiger partial charge in [-0.15, -0.1) is 11.3 Å². The molecule has 0 bridgehead atoms. The fraction of sp³-hybridized carbons (Fsp3) is 0.150. The number of nitrogens with zero attached hydrogens (tertiary/aromatic N) is 3. The van der Waals surface area contributed by atoms with Crippen molar-refractivity contribution in [3.05, 3.63) is 77.2 Å². The largest absolute Gasteiger partial charge is 0.352 e. The Kier molecular flexibility index (Phi) is 4.50. The molecule has 0 saturated carbocycles. The highest BCUT2D eigenvalue weighted by atomic mass is 32.1. The van der Waals surface area contributed by atoms with Gasteiger partial charge in [0, 0.05) is 41.8 Å². The number of carbonyl (C=O) groups excluding carboxylic acids is 1. The minimum Gasteiger partial charge on any atom is -0.352 e. The van der Waals surface area contributed by atoms with Crippen LogP contribution in [0.2, 0.25) is 0 Å². The molecule has 3 heterocycles. The van der Waals surface area contributed by atoms with Crippen molar-refractivity contribution in [1.82, 2.24) is 19.7 Å². The normalized spacial score (nSPS) is 11.0. The minimum absolute atomic E-state index is 0.0147. The molecule has 26 heavy (non-hydrogen) atoms. The molecule has 0 aliphatic rings. The van der Waals surface area contributed by atoms with E-state index >= 15 is 0 Å². The summed E-state index contributed by atoms with van der Waals surface area (Å²) in [5, 5.41) is 4.93. The minimum atomic E-state index is -0.0147. The molecule has 0 saturated heterocycles. The fourth-order valence-electron chi connectivity index (χ4n) is 2.75. The van der Waals surface area contributed by atoms with Crippen LogP contribution in [0, 0.1) is 6.92 Å². The van der Waals surface area contributed by atoms with Gasteiger partial charge in [-0.2, -0.15) is 0 Å². The Bertz CT molecular complexity index is 1030. The molecular formula is C20H18N4OS. The third-order valence-electron chi connectivity index (χ3n) is 4.18. The first-order chi connectivity index (χ1) is 12.7. The number of hydrogen-bond acceptors (Lipinski definition) is 4. The van der Waals surface area contributed by atoms with Crippen LogP contribution in [0.1, 0.15) is 16.8 Å². The number of amides is 1. The zero-order chi connectivity index (χ0) is 17.9. The maximum atomic E-state index is 12.3. The van der Waals surface area contributed by atoms with Crippen LogP contribution >= 0.6 is 11.3 Å². The topological polar surface area (TPSA) is 59.3 Å². The number of imidazole rings is 1. The average Bonchev–Trinajstić information content (AvgIpc) is 3.24. The van der Waals surface area contributed by atoms with E-state index in [0.29, 0.717) is 13.0 Å². The molecule has 1 aromatic carbocycles. The van der Waals surface area contributed by atoms with Crippen molar-refractivity contribution in [3.63, 3.8) is 0 Å². The van der Waals surface area contributed by atoms with E-state index in [9.17, 15) is 4.79 Å². The van der Waals surface area contributed by atoms with Gasteiger partial charge < -0.3 is 5.32 Å². The van der Waals surface area contributed by atoms with E-state index in [2.05, 4.69) is 46.5 Å². The van der Waals surface area contributed by atoms with Crippen molar-refractivity contribution in [2.24, 2.45) is 0 Å². The van der Waals surface area contributed by atoms with Crippen LogP contribution in [-0.2, 0) is 17.8 Å². The van der Waals surface area contributed by atoms with Gasteiger partial charge >= 0.3 is 0 Å². The Morgan fingerprint density at radius 1 is 1.23 bits per heavy atom. The maximum absolute atomic E-state index is 12.3. The molecule has 0 fully saturated rings. The van der Waals surface area contributed by atoms with E-state index in [4.69, 9.17) is 0 Å². The average molecular weight is 362 g/mol. The highest BCUT2D eigenvalue weighted by Gasteiger charge is 2.12. The zero-order valence-electron chi connectivity index (χ0n) is 14.3. The number of pyridine rings is 1. The van der Waals surface area contributed by atoms with Crippen LogP contribution in [0.5, 0.6) is 0 Å². The van der Waals surface area contributed by atoms with Crippen LogP contribution in [0.4, 0.5) is 0 Å². The first kappa shape index (κ1) is 16.5. The zero-order valence-corrected chi connectivity index (χ0v) is 15.2. The fourth-order valence-corrected chi connectivity index (χ4v) is 3.62. The summed E-state index contributed by atoms with van der Waals surface area (Å²) >= 11 is 1.55. The van der Waals surface area contributed by atoms with E-state index in [1.165, 1.54) is 5.56 Å². The first-order valence-corrected chi connectivity index (χ1v) is 9.25. The molecule has 0 aliphatic carbocycles. The summed E-state index contributed by atoms with van der Waals surface area (Å²) < 4.78 is 2.00. The van der Waals surface area contributed by atoms with Crippen LogP contribution in [0.15, 0.2) is 60.4 Å². The lowest BCUT2D eigenvalue weighted by molar-refractivity contribution is -0.120. The molecule has 5 nitrogen and oxygen atoms in total. The predicted octanol–water partition coefficient (Wildman–Crippen LogP) is 3.63. The summed E-state index contributed by atoms with van der Waals surface area (Å²) in [4.78, 5) is 21.9. The van der Waals surface area contributed by atoms with Crippen molar-refractivity contribution < 1.29 is 4.79 Å². The number of fused-ring (bicyclic) bond motifs is 1. The number of thiazole rings is 1. The van der Waals surface area contributed by atoms with Crippen LogP contribution < -0.4 is 5.32 Å². The maximum Gasteiger partial charge on any atom is 0.226 e. The highest BCUT2D eigenvalue weighted by molar-refractivity contribution is 7.15. The Morgan fingerprint density at radius 3 is 2.85 bits per heavy atom. The van der Waals surface area contributed by atoms with E-state index in [1.807, 2.05) is 28.1 Å². The van der Waals surface area contributed by atoms with Gasteiger partial charge in [0.2, 0.25) is 5.91 Å². The molecule has 130 valence electrons. The molecule has 1 N–H and O–H groups in total. The molecule has 4 aromatic rings. The van der Waals surface area contributed by atoms with Crippen molar-refractivity contribution >= 4 is 22.2 Å². The number of aromatic nitrogens is 3. The van der Waals surface area contributed by atoms with E-state index < -0.39 is 0 Å². The SMILES string of the molecule is Cc1ccc(-c2cn3c(CC(=O)NCc4cccnc4)csc3n2)cc1. The van der Waals surface area contributed by atoms with Gasteiger partial charge in [-0.1, -0.05) is 35.9 Å². The summed E-state index contributed by atoms with van der Waals surface area (Å²) in [5.41, 5.74) is 5.16. The molecule has 0 aliphatic heterocycles. The summed E-state index contributed by atoms with van der Waals surface area (Å²) in [6, 6.07) is 12.1. The second-order valence-electron chi connectivity index (χ2n) is 6.19. The van der Waals surface area contributed by atoms with Gasteiger partial charge in [0.25, 0.3) is 0 Å². The summed E-state index contributed by atoms with van der Waals surface area (Å²) in [6.45, 7) is 2.55. The van der Waals surface area contributed by atoms with Gasteiger partial charge in [-0.3, -0.25) is 14.2 Å². The summed E-state index contributed by atoms with van der Waals surface area (Å²) in [5.74, 6) is -0.0147. The second-order valence-corrected chi connectivity index (χ2v) is 7.02. The number of carbonyl (C=O) groups is 1. The second kappa shape index (κ2) is 7.09. The van der Waals surface area contributed by atoms with Gasteiger partial charge in [-0.05, 0) is 18.6 Å². The van der Waals surface area contributed by atoms with Crippen molar-refractivity contribution in [2.75, 3.05) is 0 Å². The van der Waals surface area contributed by atoms with Crippen molar-refractivity contribution in [1.29, 1.82) is 0 Å². The lowest BCUT2D eigenvalue weighted by Gasteiger charge is -2.04. The van der Waals surface area contributed by atoms with E-state index in [0.717, 1.165) is 27.5 Å². The number of hydrogen-bond donors (Lipinski definition) is 1. The van der Waals surface area contributed by atoms with Crippen LogP contribution in [0.3, 0.4) is 0 Å². The number of nitrogens with one attached hydrogen (secondary N) is 1. The molecule has 6 heteroatoms. The van der Waals surface area contributed by atoms with Crippen molar-refractivity contribution in [3.8, 4) is 11.3 Å². The third-order valence-corrected chi connectivity index (χ3v) is 5.07. The van der Waals surface area contributed by atoms with E-state index in [-0.39, 0.29) is 5.91 Å². The molecular weight excluding hydrogens is 344 g/mol. The van der Waals surface area contributed by atoms with Gasteiger partial charge in [0.05, 0.1) is 12.1 Å². The molecule has 0 spiro atoms. The highest BCUT2D eigenvalue weighted by Crippen LogP contribution is 2.24. The standard InChI is InChI=1S/C20H18N4OS/c1-14-4-6-16(7-5-14)18-12-24-17(13-26-20(24)23-18)9-19(25)22-11-15-3-2-8-21-10-15/h2-8,10,12-13H,9,11H2,1H3,(H,22,25). The molecule has 0 atom stereocenters. The van der Waals surface area contributed by atoms with Crippen LogP contribution in [0.25, 0.3) is 16.2 Å². The quantitative estimate of drug-likeness (QED) is 0.590. The Hall–Kier alpha value is -2.99. The lowest BCUT2D eigenvalue weighted by Crippen LogP contribution is -2.25. The Balaban J connectivity index is 1.48.